The van der Waals surface area contributed by atoms with Crippen molar-refractivity contribution in [2.24, 2.45) is 0 Å². The molecule has 0 bridgehead atoms. The highest BCUT2D eigenvalue weighted by Gasteiger charge is 2.08. The monoisotopic (exact) mass is 315 g/mol. The van der Waals surface area contributed by atoms with Gasteiger partial charge in [-0.15, -0.1) is 0 Å². The van der Waals surface area contributed by atoms with Gasteiger partial charge in [-0.1, -0.05) is 23.9 Å². The number of aromatic amines is 1. The topological polar surface area (TPSA) is 77.0 Å². The van der Waals surface area contributed by atoms with E-state index in [1.165, 1.54) is 16.7 Å². The first-order chi connectivity index (χ1) is 9.99. The van der Waals surface area contributed by atoms with E-state index < -0.39 is 18.0 Å². The minimum atomic E-state index is -2.88. The van der Waals surface area contributed by atoms with E-state index >= 15 is 0 Å². The number of hydrogen-bond acceptors (Lipinski definition) is 5. The molecular weight excluding hydrogens is 304 g/mol. The van der Waals surface area contributed by atoms with Crippen LogP contribution in [0, 0.1) is 0 Å². The number of thioether (sulfide) groups is 1. The molecule has 0 unspecified atom stereocenters. The Bertz CT molecular complexity index is 728. The van der Waals surface area contributed by atoms with Crippen LogP contribution in [0.15, 0.2) is 39.0 Å². The van der Waals surface area contributed by atoms with Crippen LogP contribution in [-0.4, -0.2) is 27.4 Å². The molecule has 1 N–H and O–H groups in total. The van der Waals surface area contributed by atoms with Crippen molar-refractivity contribution in [1.82, 2.24) is 14.5 Å². The van der Waals surface area contributed by atoms with Gasteiger partial charge in [0.15, 0.2) is 5.16 Å². The summed E-state index contributed by atoms with van der Waals surface area (Å²) >= 11 is 1.16. The Morgan fingerprint density at radius 3 is 2.57 bits per heavy atom. The first-order valence-electron chi connectivity index (χ1n) is 5.78. The predicted molar refractivity (Wildman–Crippen MR) is 73.1 cm³/mol. The summed E-state index contributed by atoms with van der Waals surface area (Å²) in [6.07, 6.45) is 1.69. The second-order valence-corrected chi connectivity index (χ2v) is 4.72. The third kappa shape index (κ3) is 3.91. The second-order valence-electron chi connectivity index (χ2n) is 3.94. The molecule has 0 amide bonds. The fourth-order valence-electron chi connectivity index (χ4n) is 1.68. The summed E-state index contributed by atoms with van der Waals surface area (Å²) in [7, 11) is 0. The second kappa shape index (κ2) is 6.53. The smallest absolute Gasteiger partial charge is 0.387 e. The van der Waals surface area contributed by atoms with Crippen molar-refractivity contribution in [3.05, 3.63) is 50.8 Å². The third-order valence-electron chi connectivity index (χ3n) is 2.56. The summed E-state index contributed by atoms with van der Waals surface area (Å²) < 4.78 is 29.6. The average Bonchev–Trinajstić information content (AvgIpc) is 2.42. The van der Waals surface area contributed by atoms with Crippen LogP contribution in [0.25, 0.3) is 0 Å². The number of nitrogens with zero attached hydrogens (tertiary/aromatic N) is 2. The van der Waals surface area contributed by atoms with Gasteiger partial charge in [0.1, 0.15) is 5.75 Å². The van der Waals surface area contributed by atoms with E-state index in [1.807, 2.05) is 0 Å². The van der Waals surface area contributed by atoms with Crippen LogP contribution in [0.3, 0.4) is 0 Å². The van der Waals surface area contributed by atoms with Gasteiger partial charge < -0.3 is 4.74 Å². The van der Waals surface area contributed by atoms with Gasteiger partial charge in [-0.3, -0.25) is 9.55 Å². The summed E-state index contributed by atoms with van der Waals surface area (Å²) in [6.45, 7) is -2.72. The van der Waals surface area contributed by atoms with Gasteiger partial charge in [0.25, 0.3) is 0 Å². The van der Waals surface area contributed by atoms with Gasteiger partial charge in [-0.2, -0.15) is 13.8 Å². The van der Waals surface area contributed by atoms with E-state index in [2.05, 4.69) is 14.7 Å². The van der Waals surface area contributed by atoms with Gasteiger partial charge in [0.05, 0.1) is 6.54 Å². The van der Waals surface area contributed by atoms with Crippen LogP contribution in [0.2, 0.25) is 0 Å². The molecule has 9 heteroatoms. The van der Waals surface area contributed by atoms with Gasteiger partial charge in [0, 0.05) is 0 Å². The summed E-state index contributed by atoms with van der Waals surface area (Å²) in [4.78, 5) is 28.7. The zero-order valence-electron chi connectivity index (χ0n) is 10.9. The Balaban J connectivity index is 2.26. The molecule has 0 spiro atoms. The molecule has 1 heterocycles. The predicted octanol–water partition coefficient (Wildman–Crippen LogP) is 1.30. The van der Waals surface area contributed by atoms with Crippen LogP contribution in [0.1, 0.15) is 5.56 Å². The molecule has 112 valence electrons. The highest BCUT2D eigenvalue weighted by molar-refractivity contribution is 7.98. The number of H-pyrrole nitrogens is 1. The molecule has 0 saturated carbocycles. The van der Waals surface area contributed by atoms with E-state index in [0.717, 1.165) is 11.8 Å². The van der Waals surface area contributed by atoms with Crippen LogP contribution >= 0.6 is 11.8 Å². The average molecular weight is 315 g/mol. The first-order valence-corrected chi connectivity index (χ1v) is 7.01. The number of rotatable bonds is 5. The summed E-state index contributed by atoms with van der Waals surface area (Å²) in [6, 6.07) is 5.87. The molecule has 0 aliphatic heterocycles. The largest absolute Gasteiger partial charge is 0.435 e. The molecule has 1 aromatic heterocycles. The van der Waals surface area contributed by atoms with Crippen LogP contribution in [-0.2, 0) is 6.54 Å². The fourth-order valence-corrected chi connectivity index (χ4v) is 2.22. The maximum atomic E-state index is 12.0. The Kier molecular flexibility index (Phi) is 4.73. The van der Waals surface area contributed by atoms with E-state index in [-0.39, 0.29) is 17.5 Å². The van der Waals surface area contributed by atoms with Gasteiger partial charge in [0.2, 0.25) is 0 Å². The number of nitrogens with one attached hydrogen (secondary N) is 1. The number of aromatic nitrogens is 3. The Hall–Kier alpha value is -2.16. The molecule has 0 saturated heterocycles. The van der Waals surface area contributed by atoms with Crippen molar-refractivity contribution in [3.8, 4) is 5.75 Å². The van der Waals surface area contributed by atoms with Crippen LogP contribution < -0.4 is 16.1 Å². The minimum Gasteiger partial charge on any atom is -0.435 e. The summed E-state index contributed by atoms with van der Waals surface area (Å²) in [5.74, 6) is 0.0331. The van der Waals surface area contributed by atoms with E-state index in [9.17, 15) is 18.4 Å². The lowest BCUT2D eigenvalue weighted by molar-refractivity contribution is -0.0498. The molecule has 0 radical (unpaired) electrons. The van der Waals surface area contributed by atoms with Crippen LogP contribution in [0.4, 0.5) is 8.78 Å². The van der Waals surface area contributed by atoms with Crippen molar-refractivity contribution in [3.63, 3.8) is 0 Å². The van der Waals surface area contributed by atoms with Crippen molar-refractivity contribution in [2.75, 3.05) is 6.26 Å². The normalized spacial score (nSPS) is 10.9. The third-order valence-corrected chi connectivity index (χ3v) is 3.24. The maximum absolute atomic E-state index is 12.0. The molecule has 2 rings (SSSR count). The quantitative estimate of drug-likeness (QED) is 0.842. The molecule has 2 aromatic rings. The standard InChI is InChI=1S/C12H11F2N3O3S/c1-21-12-16-10(18)15-11(19)17(12)6-7-2-4-8(5-3-7)20-9(13)14/h2-5,9H,6H2,1H3,(H,15,18,19). The first kappa shape index (κ1) is 15.2. The lowest BCUT2D eigenvalue weighted by atomic mass is 10.2. The molecule has 0 atom stereocenters. The van der Waals surface area contributed by atoms with Crippen LogP contribution in [0.5, 0.6) is 5.75 Å². The Labute approximate surface area is 121 Å². The molecule has 0 fully saturated rings. The van der Waals surface area contributed by atoms with Crippen molar-refractivity contribution < 1.29 is 13.5 Å². The molecule has 1 aromatic carbocycles. The number of hydrogen-bond donors (Lipinski definition) is 1. The summed E-state index contributed by atoms with van der Waals surface area (Å²) in [5.41, 5.74) is -0.601. The Morgan fingerprint density at radius 1 is 1.33 bits per heavy atom. The SMILES string of the molecule is CSc1nc(=O)[nH]c(=O)n1Cc1ccc(OC(F)F)cc1. The number of benzene rings is 1. The number of ether oxygens (including phenoxy) is 1. The lowest BCUT2D eigenvalue weighted by Gasteiger charge is -2.09. The maximum Gasteiger partial charge on any atom is 0.387 e. The Morgan fingerprint density at radius 2 is 2.00 bits per heavy atom. The van der Waals surface area contributed by atoms with E-state index in [4.69, 9.17) is 0 Å². The van der Waals surface area contributed by atoms with Gasteiger partial charge >= 0.3 is 18.0 Å². The lowest BCUT2D eigenvalue weighted by Crippen LogP contribution is -2.33. The molecule has 21 heavy (non-hydrogen) atoms. The molecule has 0 aliphatic carbocycles. The van der Waals surface area contributed by atoms with E-state index in [1.54, 1.807) is 18.4 Å². The highest BCUT2D eigenvalue weighted by Crippen LogP contribution is 2.16. The minimum absolute atomic E-state index is 0.0331. The van der Waals surface area contributed by atoms with Crippen molar-refractivity contribution in [2.45, 2.75) is 18.3 Å². The van der Waals surface area contributed by atoms with Crippen molar-refractivity contribution >= 4 is 11.8 Å². The zero-order chi connectivity index (χ0) is 15.4. The number of halogens is 2. The molecular formula is C12H11F2N3O3S. The molecule has 0 aliphatic rings. The van der Waals surface area contributed by atoms with Gasteiger partial charge in [-0.25, -0.2) is 9.59 Å². The molecule has 6 nitrogen and oxygen atoms in total. The van der Waals surface area contributed by atoms with Crippen molar-refractivity contribution in [1.29, 1.82) is 0 Å². The summed E-state index contributed by atoms with van der Waals surface area (Å²) in [5, 5.41) is 0.275. The van der Waals surface area contributed by atoms with E-state index in [0.29, 0.717) is 5.56 Å². The highest BCUT2D eigenvalue weighted by atomic mass is 32.2. The van der Waals surface area contributed by atoms with Gasteiger partial charge in [-0.05, 0) is 24.0 Å². The zero-order valence-corrected chi connectivity index (χ0v) is 11.7. The fraction of sp³-hybridized carbons (Fsp3) is 0.250. The number of alkyl halides is 2.